The second-order valence-electron chi connectivity index (χ2n) is 4.52. The zero-order valence-electron chi connectivity index (χ0n) is 10.7. The summed E-state index contributed by atoms with van der Waals surface area (Å²) in [5.41, 5.74) is 0.581. The molecule has 0 atom stereocenters. The van der Waals surface area contributed by atoms with Gasteiger partial charge in [-0.05, 0) is 12.8 Å². The van der Waals surface area contributed by atoms with Gasteiger partial charge in [-0.2, -0.15) is 5.10 Å². The molecule has 6 nitrogen and oxygen atoms in total. The number of ether oxygens (including phenoxy) is 1. The first-order chi connectivity index (χ1) is 9.31. The molecule has 2 heterocycles. The van der Waals surface area contributed by atoms with Crippen molar-refractivity contribution in [3.05, 3.63) is 22.9 Å². The van der Waals surface area contributed by atoms with Gasteiger partial charge in [0.15, 0.2) is 5.65 Å². The highest BCUT2D eigenvalue weighted by molar-refractivity contribution is 5.73. The summed E-state index contributed by atoms with van der Waals surface area (Å²) in [5, 5.41) is 4.81. The van der Waals surface area contributed by atoms with Crippen LogP contribution in [-0.4, -0.2) is 33.0 Å². The number of methoxy groups -OCH3 is 1. The lowest BCUT2D eigenvalue weighted by Crippen LogP contribution is -2.20. The van der Waals surface area contributed by atoms with Gasteiger partial charge in [-0.1, -0.05) is 11.8 Å². The summed E-state index contributed by atoms with van der Waals surface area (Å²) in [4.78, 5) is 16.5. The largest absolute Gasteiger partial charge is 0.372 e. The molecule has 0 spiro atoms. The minimum Gasteiger partial charge on any atom is -0.372 e. The van der Waals surface area contributed by atoms with Gasteiger partial charge < -0.3 is 4.74 Å². The van der Waals surface area contributed by atoms with Crippen LogP contribution in [0.1, 0.15) is 18.9 Å². The Bertz CT molecular complexity index is 716. The summed E-state index contributed by atoms with van der Waals surface area (Å²) >= 11 is 0. The number of rotatable bonds is 3. The molecule has 0 aliphatic heterocycles. The van der Waals surface area contributed by atoms with Crippen LogP contribution in [0, 0.1) is 11.8 Å². The van der Waals surface area contributed by atoms with Gasteiger partial charge in [-0.15, -0.1) is 0 Å². The fourth-order valence-corrected chi connectivity index (χ4v) is 1.93. The zero-order valence-corrected chi connectivity index (χ0v) is 10.7. The van der Waals surface area contributed by atoms with Gasteiger partial charge in [0, 0.05) is 7.11 Å². The SMILES string of the molecule is COCC#CCn1cnc2c(cnn2C2CC2)c1=O. The third-order valence-corrected chi connectivity index (χ3v) is 3.06. The lowest BCUT2D eigenvalue weighted by molar-refractivity contribution is 0.239. The quantitative estimate of drug-likeness (QED) is 0.755. The number of aromatic nitrogens is 4. The van der Waals surface area contributed by atoms with Crippen molar-refractivity contribution in [1.82, 2.24) is 19.3 Å². The molecule has 0 aromatic carbocycles. The molecule has 0 radical (unpaired) electrons. The second-order valence-corrected chi connectivity index (χ2v) is 4.52. The maximum absolute atomic E-state index is 12.2. The molecule has 98 valence electrons. The Hall–Kier alpha value is -2.13. The molecule has 3 rings (SSSR count). The van der Waals surface area contributed by atoms with Crippen molar-refractivity contribution in [2.75, 3.05) is 13.7 Å². The highest BCUT2D eigenvalue weighted by Crippen LogP contribution is 2.35. The van der Waals surface area contributed by atoms with Crippen LogP contribution < -0.4 is 5.56 Å². The Morgan fingerprint density at radius 3 is 3.05 bits per heavy atom. The van der Waals surface area contributed by atoms with E-state index in [2.05, 4.69) is 21.9 Å². The minimum absolute atomic E-state index is 0.0939. The maximum atomic E-state index is 12.2. The molecule has 0 N–H and O–H groups in total. The van der Waals surface area contributed by atoms with Crippen LogP contribution in [0.15, 0.2) is 17.3 Å². The second kappa shape index (κ2) is 4.86. The Morgan fingerprint density at radius 2 is 2.32 bits per heavy atom. The lowest BCUT2D eigenvalue weighted by Gasteiger charge is -2.01. The molecule has 1 saturated carbocycles. The van der Waals surface area contributed by atoms with Crippen molar-refractivity contribution < 1.29 is 4.74 Å². The van der Waals surface area contributed by atoms with E-state index in [1.54, 1.807) is 13.3 Å². The maximum Gasteiger partial charge on any atom is 0.265 e. The summed E-state index contributed by atoms with van der Waals surface area (Å²) in [6, 6.07) is 0.418. The number of nitrogens with zero attached hydrogens (tertiary/aromatic N) is 4. The fourth-order valence-electron chi connectivity index (χ4n) is 1.93. The molecule has 1 aliphatic rings. The standard InChI is InChI=1S/C13H14N4O2/c1-19-7-3-2-6-16-9-14-12-11(13(16)18)8-15-17(12)10-4-5-10/h8-10H,4-7H2,1H3. The van der Waals surface area contributed by atoms with Gasteiger partial charge >= 0.3 is 0 Å². The molecule has 0 amide bonds. The van der Waals surface area contributed by atoms with E-state index < -0.39 is 0 Å². The average molecular weight is 258 g/mol. The van der Waals surface area contributed by atoms with Crippen molar-refractivity contribution in [2.45, 2.75) is 25.4 Å². The first kappa shape index (κ1) is 11.9. The molecule has 19 heavy (non-hydrogen) atoms. The van der Waals surface area contributed by atoms with Crippen molar-refractivity contribution in [3.63, 3.8) is 0 Å². The first-order valence-electron chi connectivity index (χ1n) is 6.18. The Balaban J connectivity index is 1.93. The molecule has 1 fully saturated rings. The van der Waals surface area contributed by atoms with E-state index in [1.807, 2.05) is 4.68 Å². The summed E-state index contributed by atoms with van der Waals surface area (Å²) in [6.45, 7) is 0.684. The third kappa shape index (κ3) is 2.25. The van der Waals surface area contributed by atoms with Crippen LogP contribution in [0.3, 0.4) is 0 Å². The van der Waals surface area contributed by atoms with Gasteiger partial charge in [0.1, 0.15) is 18.3 Å². The predicted octanol–water partition coefficient (Wildman–Crippen LogP) is 0.578. The highest BCUT2D eigenvalue weighted by atomic mass is 16.5. The molecule has 2 aromatic heterocycles. The summed E-state index contributed by atoms with van der Waals surface area (Å²) in [6.07, 6.45) is 5.36. The van der Waals surface area contributed by atoms with E-state index in [-0.39, 0.29) is 5.56 Å². The normalized spacial score (nSPS) is 14.4. The molecular formula is C13H14N4O2. The lowest BCUT2D eigenvalue weighted by atomic mass is 10.4. The molecule has 0 saturated heterocycles. The van der Waals surface area contributed by atoms with Gasteiger partial charge in [0.2, 0.25) is 0 Å². The van der Waals surface area contributed by atoms with Crippen LogP contribution in [0.5, 0.6) is 0 Å². The molecule has 0 unspecified atom stereocenters. The van der Waals surface area contributed by atoms with Crippen LogP contribution in [0.25, 0.3) is 11.0 Å². The molecular weight excluding hydrogens is 244 g/mol. The first-order valence-corrected chi connectivity index (χ1v) is 6.18. The van der Waals surface area contributed by atoms with E-state index in [4.69, 9.17) is 4.74 Å². The summed E-state index contributed by atoms with van der Waals surface area (Å²) in [5.74, 6) is 5.68. The number of fused-ring (bicyclic) bond motifs is 1. The fraction of sp³-hybridized carbons (Fsp3) is 0.462. The minimum atomic E-state index is -0.0939. The van der Waals surface area contributed by atoms with Crippen molar-refractivity contribution in [2.24, 2.45) is 0 Å². The smallest absolute Gasteiger partial charge is 0.265 e. The van der Waals surface area contributed by atoms with E-state index in [9.17, 15) is 4.79 Å². The summed E-state index contributed by atoms with van der Waals surface area (Å²) in [7, 11) is 1.58. The van der Waals surface area contributed by atoms with Gasteiger partial charge in [0.25, 0.3) is 5.56 Å². The van der Waals surface area contributed by atoms with Crippen LogP contribution >= 0.6 is 0 Å². The van der Waals surface area contributed by atoms with Gasteiger partial charge in [-0.3, -0.25) is 9.36 Å². The molecule has 0 bridgehead atoms. The zero-order chi connectivity index (χ0) is 13.2. The monoisotopic (exact) mass is 258 g/mol. The number of hydrogen-bond donors (Lipinski definition) is 0. The van der Waals surface area contributed by atoms with Crippen molar-refractivity contribution in [1.29, 1.82) is 0 Å². The van der Waals surface area contributed by atoms with E-state index in [0.717, 1.165) is 12.8 Å². The van der Waals surface area contributed by atoms with Gasteiger partial charge in [0.05, 0.1) is 18.8 Å². The van der Waals surface area contributed by atoms with E-state index >= 15 is 0 Å². The number of hydrogen-bond acceptors (Lipinski definition) is 4. The predicted molar refractivity (Wildman–Crippen MR) is 69.7 cm³/mol. The van der Waals surface area contributed by atoms with E-state index in [1.165, 1.54) is 10.9 Å². The topological polar surface area (TPSA) is 61.9 Å². The Kier molecular flexibility index (Phi) is 3.05. The summed E-state index contributed by atoms with van der Waals surface area (Å²) < 4.78 is 8.16. The molecule has 6 heteroatoms. The Labute approximate surface area is 110 Å². The van der Waals surface area contributed by atoms with Crippen molar-refractivity contribution in [3.8, 4) is 11.8 Å². The van der Waals surface area contributed by atoms with Crippen molar-refractivity contribution >= 4 is 11.0 Å². The highest BCUT2D eigenvalue weighted by Gasteiger charge is 2.27. The van der Waals surface area contributed by atoms with Crippen LogP contribution in [-0.2, 0) is 11.3 Å². The molecule has 1 aliphatic carbocycles. The third-order valence-electron chi connectivity index (χ3n) is 3.06. The molecule has 2 aromatic rings. The van der Waals surface area contributed by atoms with Crippen LogP contribution in [0.4, 0.5) is 0 Å². The van der Waals surface area contributed by atoms with Crippen LogP contribution in [0.2, 0.25) is 0 Å². The Morgan fingerprint density at radius 1 is 1.47 bits per heavy atom. The van der Waals surface area contributed by atoms with Gasteiger partial charge in [-0.25, -0.2) is 9.67 Å². The average Bonchev–Trinajstić information content (AvgIpc) is 3.17. The van der Waals surface area contributed by atoms with E-state index in [0.29, 0.717) is 30.2 Å².